The van der Waals surface area contributed by atoms with Crippen molar-refractivity contribution in [1.82, 2.24) is 0 Å². The summed E-state index contributed by atoms with van der Waals surface area (Å²) in [5.41, 5.74) is -0.537. The second-order valence-electron chi connectivity index (χ2n) is 5.73. The van der Waals surface area contributed by atoms with Crippen molar-refractivity contribution >= 4 is 56.5 Å². The number of carboxylic acids is 1. The number of anilines is 1. The highest BCUT2D eigenvalue weighted by Gasteiger charge is 2.20. The van der Waals surface area contributed by atoms with Crippen LogP contribution in [0.3, 0.4) is 0 Å². The topological polar surface area (TPSA) is 92.7 Å². The highest BCUT2D eigenvalue weighted by molar-refractivity contribution is 7.92. The molecule has 6 nitrogen and oxygen atoms in total. The highest BCUT2D eigenvalue weighted by atomic mass is 35.5. The van der Waals surface area contributed by atoms with Gasteiger partial charge in [0.2, 0.25) is 0 Å². The Morgan fingerprint density at radius 1 is 0.897 bits per heavy atom. The van der Waals surface area contributed by atoms with Crippen LogP contribution in [0.25, 0.3) is 0 Å². The van der Waals surface area contributed by atoms with Gasteiger partial charge in [0, 0.05) is 0 Å². The largest absolute Gasteiger partial charge is 0.478 e. The van der Waals surface area contributed by atoms with E-state index in [0.717, 1.165) is 12.1 Å². The molecule has 10 heteroatoms. The lowest BCUT2D eigenvalue weighted by Gasteiger charge is -2.12. The fourth-order valence-corrected chi connectivity index (χ4v) is 3.93. The lowest BCUT2D eigenvalue weighted by Crippen LogP contribution is -2.15. The minimum absolute atomic E-state index is 0.00640. The summed E-state index contributed by atoms with van der Waals surface area (Å²) >= 11 is 17.7. The molecule has 0 amide bonds. The third-order valence-corrected chi connectivity index (χ3v) is 6.15. The quantitative estimate of drug-likeness (QED) is 0.463. The Labute approximate surface area is 181 Å². The van der Waals surface area contributed by atoms with Crippen LogP contribution in [0, 0.1) is 0 Å². The number of sulfonamides is 1. The van der Waals surface area contributed by atoms with Crippen molar-refractivity contribution in [1.29, 1.82) is 0 Å². The number of carboxylic acid groups (broad SMARTS) is 1. The van der Waals surface area contributed by atoms with Crippen molar-refractivity contribution in [3.8, 4) is 11.5 Å². The number of ether oxygens (including phenoxy) is 1. The van der Waals surface area contributed by atoms with Gasteiger partial charge in [-0.2, -0.15) is 0 Å². The van der Waals surface area contributed by atoms with Crippen LogP contribution in [0.5, 0.6) is 11.5 Å². The van der Waals surface area contributed by atoms with Gasteiger partial charge in [-0.3, -0.25) is 4.72 Å². The van der Waals surface area contributed by atoms with E-state index in [1.54, 1.807) is 24.3 Å². The Balaban J connectivity index is 1.86. The van der Waals surface area contributed by atoms with Crippen LogP contribution >= 0.6 is 34.8 Å². The minimum atomic E-state index is -4.09. The predicted octanol–water partition coefficient (Wildman–Crippen LogP) is 5.94. The number of nitrogens with one attached hydrogen (secondary N) is 1. The Bertz CT molecular complexity index is 1180. The average molecular weight is 473 g/mol. The Hall–Kier alpha value is -2.45. The maximum Gasteiger partial charge on any atom is 0.337 e. The number of carbonyl (C=O) groups is 1. The van der Waals surface area contributed by atoms with Gasteiger partial charge >= 0.3 is 5.97 Å². The van der Waals surface area contributed by atoms with Crippen molar-refractivity contribution in [3.05, 3.63) is 81.3 Å². The maximum absolute atomic E-state index is 12.7. The van der Waals surface area contributed by atoms with E-state index >= 15 is 0 Å². The van der Waals surface area contributed by atoms with Gasteiger partial charge in [0.1, 0.15) is 11.5 Å². The summed E-state index contributed by atoms with van der Waals surface area (Å²) < 4.78 is 33.1. The smallest absolute Gasteiger partial charge is 0.337 e. The van der Waals surface area contributed by atoms with Gasteiger partial charge in [-0.1, -0.05) is 46.9 Å². The zero-order chi connectivity index (χ0) is 21.2. The van der Waals surface area contributed by atoms with Crippen LogP contribution in [-0.4, -0.2) is 19.5 Å². The van der Waals surface area contributed by atoms with E-state index in [4.69, 9.17) is 39.5 Å². The molecule has 3 aromatic rings. The predicted molar refractivity (Wildman–Crippen MR) is 112 cm³/mol. The van der Waals surface area contributed by atoms with Crippen molar-refractivity contribution in [3.63, 3.8) is 0 Å². The molecule has 0 aliphatic rings. The van der Waals surface area contributed by atoms with Crippen LogP contribution in [0.4, 0.5) is 5.69 Å². The zero-order valence-electron chi connectivity index (χ0n) is 14.4. The van der Waals surface area contributed by atoms with Gasteiger partial charge < -0.3 is 9.84 Å². The summed E-state index contributed by atoms with van der Waals surface area (Å²) in [5, 5.41) is 9.70. The zero-order valence-corrected chi connectivity index (χ0v) is 17.5. The Morgan fingerprint density at radius 2 is 1.52 bits per heavy atom. The van der Waals surface area contributed by atoms with E-state index in [-0.39, 0.29) is 26.2 Å². The summed E-state index contributed by atoms with van der Waals surface area (Å²) in [4.78, 5) is 11.3. The first-order chi connectivity index (χ1) is 13.7. The third-order valence-electron chi connectivity index (χ3n) is 3.73. The van der Waals surface area contributed by atoms with Gasteiger partial charge in [0.25, 0.3) is 10.0 Å². The summed E-state index contributed by atoms with van der Waals surface area (Å²) in [6, 6.07) is 14.6. The standard InChI is InChI=1S/C19H12Cl3NO5S/c20-14-3-1-2-4-18(14)28-11-5-7-12(8-6-11)29(26,27)23-17-10-16(22)15(21)9-13(17)19(24)25/h1-10,23H,(H,24,25). The first kappa shape index (κ1) is 21.3. The fraction of sp³-hybridized carbons (Fsp3) is 0. The molecule has 3 rings (SSSR count). The first-order valence-electron chi connectivity index (χ1n) is 7.95. The first-order valence-corrected chi connectivity index (χ1v) is 10.6. The van der Waals surface area contributed by atoms with Crippen molar-refractivity contribution in [2.45, 2.75) is 4.90 Å². The van der Waals surface area contributed by atoms with Crippen molar-refractivity contribution in [2.75, 3.05) is 4.72 Å². The lowest BCUT2D eigenvalue weighted by atomic mass is 10.2. The monoisotopic (exact) mass is 471 g/mol. The molecule has 150 valence electrons. The minimum Gasteiger partial charge on any atom is -0.478 e. The molecule has 0 unspecified atom stereocenters. The van der Waals surface area contributed by atoms with Crippen LogP contribution in [0.15, 0.2) is 65.6 Å². The normalized spacial score (nSPS) is 11.1. The number of halogens is 3. The molecule has 0 aliphatic carbocycles. The molecule has 0 heterocycles. The van der Waals surface area contributed by atoms with Crippen molar-refractivity contribution in [2.24, 2.45) is 0 Å². The Morgan fingerprint density at radius 3 is 2.14 bits per heavy atom. The van der Waals surface area contributed by atoms with E-state index in [1.165, 1.54) is 24.3 Å². The van der Waals surface area contributed by atoms with Gasteiger partial charge in [-0.15, -0.1) is 0 Å². The number of hydrogen-bond acceptors (Lipinski definition) is 4. The van der Waals surface area contributed by atoms with Gasteiger partial charge in [0.05, 0.1) is 31.2 Å². The van der Waals surface area contributed by atoms with Gasteiger partial charge in [0.15, 0.2) is 0 Å². The number of aromatic carboxylic acids is 1. The molecular weight excluding hydrogens is 461 g/mol. The van der Waals surface area contributed by atoms with E-state index < -0.39 is 16.0 Å². The number of hydrogen-bond donors (Lipinski definition) is 2. The second-order valence-corrected chi connectivity index (χ2v) is 8.63. The van der Waals surface area contributed by atoms with Crippen molar-refractivity contribution < 1.29 is 23.1 Å². The maximum atomic E-state index is 12.7. The molecule has 0 saturated carbocycles. The summed E-state index contributed by atoms with van der Waals surface area (Å²) in [7, 11) is -4.09. The Kier molecular flexibility index (Phi) is 6.24. The summed E-state index contributed by atoms with van der Waals surface area (Å²) in [6.07, 6.45) is 0. The van der Waals surface area contributed by atoms with Crippen LogP contribution in [-0.2, 0) is 10.0 Å². The van der Waals surface area contributed by atoms with Crippen LogP contribution in [0.2, 0.25) is 15.1 Å². The van der Waals surface area contributed by atoms with E-state index in [1.807, 2.05) is 0 Å². The fourth-order valence-electron chi connectivity index (χ4n) is 2.35. The molecule has 3 aromatic carbocycles. The molecule has 0 bridgehead atoms. The molecule has 0 spiro atoms. The number of para-hydroxylation sites is 1. The summed E-state index contributed by atoms with van der Waals surface area (Å²) in [6.45, 7) is 0. The molecular formula is C19H12Cl3NO5S. The van der Waals surface area contributed by atoms with E-state index in [9.17, 15) is 18.3 Å². The second kappa shape index (κ2) is 8.51. The van der Waals surface area contributed by atoms with Gasteiger partial charge in [-0.25, -0.2) is 13.2 Å². The number of benzene rings is 3. The SMILES string of the molecule is O=C(O)c1cc(Cl)c(Cl)cc1NS(=O)(=O)c1ccc(Oc2ccccc2Cl)cc1. The molecule has 2 N–H and O–H groups in total. The molecule has 29 heavy (non-hydrogen) atoms. The number of rotatable bonds is 6. The molecule has 0 fully saturated rings. The lowest BCUT2D eigenvalue weighted by molar-refractivity contribution is 0.0698. The molecule has 0 radical (unpaired) electrons. The van der Waals surface area contributed by atoms with E-state index in [0.29, 0.717) is 16.5 Å². The van der Waals surface area contributed by atoms with Crippen LogP contribution < -0.4 is 9.46 Å². The van der Waals surface area contributed by atoms with E-state index in [2.05, 4.69) is 4.72 Å². The third kappa shape index (κ3) is 4.94. The average Bonchev–Trinajstić information content (AvgIpc) is 2.66. The summed E-state index contributed by atoms with van der Waals surface area (Å²) in [5.74, 6) is -0.563. The molecule has 0 aliphatic heterocycles. The molecule has 0 aromatic heterocycles. The molecule has 0 saturated heterocycles. The molecule has 0 atom stereocenters. The highest BCUT2D eigenvalue weighted by Crippen LogP contribution is 2.32. The van der Waals surface area contributed by atoms with Gasteiger partial charge in [-0.05, 0) is 48.5 Å². The van der Waals surface area contributed by atoms with Crippen LogP contribution in [0.1, 0.15) is 10.4 Å².